The van der Waals surface area contributed by atoms with E-state index in [1.54, 1.807) is 11.8 Å². The first-order valence-corrected chi connectivity index (χ1v) is 12.0. The van der Waals surface area contributed by atoms with E-state index >= 15 is 0 Å². The number of thiocarbonyl (C=S) groups is 1. The number of nitrogens with one attached hydrogen (secondary N) is 1. The molecule has 1 atom stereocenters. The lowest BCUT2D eigenvalue weighted by Gasteiger charge is -2.39. The maximum Gasteiger partial charge on any atom is 0.106 e. The summed E-state index contributed by atoms with van der Waals surface area (Å²) < 4.78 is 0. The molecule has 6 heteroatoms. The number of likely N-dealkylation sites (N-methyl/N-ethyl adjacent to an activating group) is 1. The Labute approximate surface area is 189 Å². The number of rotatable bonds is 8. The fraction of sp³-hybridized carbons (Fsp3) is 0.435. The maximum atomic E-state index is 6.31. The molecule has 1 heterocycles. The number of hydrogen-bond acceptors (Lipinski definition) is 4. The second kappa shape index (κ2) is 10.2. The molecule has 0 aromatic heterocycles. The van der Waals surface area contributed by atoms with Gasteiger partial charge in [-0.05, 0) is 56.8 Å². The zero-order valence-electron chi connectivity index (χ0n) is 17.7. The molecule has 0 radical (unpaired) electrons. The van der Waals surface area contributed by atoms with Crippen molar-refractivity contribution in [2.24, 2.45) is 0 Å². The Balaban J connectivity index is 2.02. The van der Waals surface area contributed by atoms with Gasteiger partial charge in [-0.25, -0.2) is 0 Å². The summed E-state index contributed by atoms with van der Waals surface area (Å²) in [5.41, 5.74) is 3.52. The minimum absolute atomic E-state index is 0.321. The molecule has 0 bridgehead atoms. The lowest BCUT2D eigenvalue weighted by atomic mass is 10.1. The second-order valence-corrected chi connectivity index (χ2v) is 9.29. The SMILES string of the molecule is CCCNC(=S)c1ccc2c(c1)N(C(C)CN(CC)CC)c1ccc(Cl)cc1S2. The number of benzene rings is 2. The van der Waals surface area contributed by atoms with Crippen LogP contribution in [0.3, 0.4) is 0 Å². The molecule has 156 valence electrons. The fourth-order valence-electron chi connectivity index (χ4n) is 3.70. The first-order valence-electron chi connectivity index (χ1n) is 10.4. The molecule has 1 aliphatic rings. The van der Waals surface area contributed by atoms with Gasteiger partial charge in [-0.1, -0.05) is 62.4 Å². The molecular weight excluding hydrogens is 418 g/mol. The van der Waals surface area contributed by atoms with E-state index in [1.807, 2.05) is 6.07 Å². The smallest absolute Gasteiger partial charge is 0.106 e. The Morgan fingerprint density at radius 3 is 2.55 bits per heavy atom. The summed E-state index contributed by atoms with van der Waals surface area (Å²) in [4.78, 5) is 8.20. The summed E-state index contributed by atoms with van der Waals surface area (Å²) in [6.45, 7) is 12.9. The van der Waals surface area contributed by atoms with Crippen molar-refractivity contribution < 1.29 is 0 Å². The van der Waals surface area contributed by atoms with E-state index in [9.17, 15) is 0 Å². The van der Waals surface area contributed by atoms with E-state index in [4.69, 9.17) is 23.8 Å². The van der Waals surface area contributed by atoms with Gasteiger partial charge < -0.3 is 15.1 Å². The third-order valence-corrected chi connectivity index (χ3v) is 7.00. The van der Waals surface area contributed by atoms with Gasteiger partial charge >= 0.3 is 0 Å². The fourth-order valence-corrected chi connectivity index (χ4v) is 5.26. The first kappa shape index (κ1) is 22.4. The van der Waals surface area contributed by atoms with Crippen molar-refractivity contribution in [3.8, 4) is 0 Å². The average Bonchev–Trinajstić information content (AvgIpc) is 2.73. The third-order valence-electron chi connectivity index (χ3n) is 5.28. The largest absolute Gasteiger partial charge is 0.376 e. The normalized spacial score (nSPS) is 13.8. The van der Waals surface area contributed by atoms with E-state index < -0.39 is 0 Å². The van der Waals surface area contributed by atoms with Crippen LogP contribution in [0.25, 0.3) is 0 Å². The van der Waals surface area contributed by atoms with Crippen LogP contribution in [0, 0.1) is 0 Å². The molecule has 0 fully saturated rings. The molecule has 0 amide bonds. The minimum atomic E-state index is 0.321. The summed E-state index contributed by atoms with van der Waals surface area (Å²) in [6.07, 6.45) is 1.06. The highest BCUT2D eigenvalue weighted by atomic mass is 35.5. The maximum absolute atomic E-state index is 6.31. The van der Waals surface area contributed by atoms with Crippen LogP contribution in [0.4, 0.5) is 11.4 Å². The van der Waals surface area contributed by atoms with Crippen molar-refractivity contribution in [2.75, 3.05) is 31.1 Å². The van der Waals surface area contributed by atoms with Gasteiger partial charge in [0.05, 0.1) is 11.4 Å². The molecule has 0 aliphatic carbocycles. The Hall–Kier alpha value is -1.27. The van der Waals surface area contributed by atoms with Gasteiger partial charge in [-0.15, -0.1) is 0 Å². The molecule has 3 rings (SSSR count). The molecule has 0 saturated carbocycles. The molecule has 0 saturated heterocycles. The van der Waals surface area contributed by atoms with Gasteiger partial charge in [0.25, 0.3) is 0 Å². The van der Waals surface area contributed by atoms with Crippen LogP contribution in [0.2, 0.25) is 5.02 Å². The van der Waals surface area contributed by atoms with Crippen LogP contribution >= 0.6 is 35.6 Å². The van der Waals surface area contributed by atoms with Crippen LogP contribution in [-0.4, -0.2) is 42.1 Å². The third kappa shape index (κ3) is 5.08. The minimum Gasteiger partial charge on any atom is -0.376 e. The van der Waals surface area contributed by atoms with E-state index in [0.29, 0.717) is 6.04 Å². The molecule has 2 aromatic carbocycles. The molecule has 29 heavy (non-hydrogen) atoms. The summed E-state index contributed by atoms with van der Waals surface area (Å²) >= 11 is 13.7. The van der Waals surface area contributed by atoms with Crippen LogP contribution in [0.15, 0.2) is 46.2 Å². The first-order chi connectivity index (χ1) is 14.0. The molecule has 2 aromatic rings. The summed E-state index contributed by atoms with van der Waals surface area (Å²) in [7, 11) is 0. The zero-order valence-corrected chi connectivity index (χ0v) is 20.1. The standard InChI is InChI=1S/C23H30ClN3S2/c1-5-12-25-23(28)17-8-11-21-20(13-17)27(16(4)15-26(6-2)7-3)19-10-9-18(24)14-22(19)29-21/h8-11,13-14,16H,5-7,12,15H2,1-4H3,(H,25,28). The van der Waals surface area contributed by atoms with Gasteiger partial charge in [0.2, 0.25) is 0 Å². The number of nitrogens with zero attached hydrogens (tertiary/aromatic N) is 2. The van der Waals surface area contributed by atoms with E-state index in [0.717, 1.165) is 48.2 Å². The van der Waals surface area contributed by atoms with Gasteiger partial charge in [0.1, 0.15) is 4.99 Å². The van der Waals surface area contributed by atoms with Gasteiger partial charge in [-0.3, -0.25) is 0 Å². The Morgan fingerprint density at radius 2 is 1.86 bits per heavy atom. The van der Waals surface area contributed by atoms with E-state index in [1.165, 1.54) is 21.2 Å². The van der Waals surface area contributed by atoms with Gasteiger partial charge in [0.15, 0.2) is 0 Å². The number of anilines is 2. The van der Waals surface area contributed by atoms with Crippen molar-refractivity contribution in [1.29, 1.82) is 0 Å². The van der Waals surface area contributed by atoms with Crippen molar-refractivity contribution in [3.63, 3.8) is 0 Å². The number of fused-ring (bicyclic) bond motifs is 2. The molecule has 1 N–H and O–H groups in total. The van der Waals surface area contributed by atoms with Crippen LogP contribution < -0.4 is 10.2 Å². The van der Waals surface area contributed by atoms with Gasteiger partial charge in [0, 0.05) is 39.5 Å². The molecule has 3 nitrogen and oxygen atoms in total. The topological polar surface area (TPSA) is 18.5 Å². The van der Waals surface area contributed by atoms with Crippen molar-refractivity contribution in [1.82, 2.24) is 10.2 Å². The van der Waals surface area contributed by atoms with Crippen LogP contribution in [-0.2, 0) is 0 Å². The molecule has 0 spiro atoms. The van der Waals surface area contributed by atoms with Crippen molar-refractivity contribution >= 4 is 51.9 Å². The number of halogens is 1. The highest BCUT2D eigenvalue weighted by Crippen LogP contribution is 2.50. The molecule has 1 unspecified atom stereocenters. The van der Waals surface area contributed by atoms with E-state index in [-0.39, 0.29) is 0 Å². The summed E-state index contributed by atoms with van der Waals surface area (Å²) in [5.74, 6) is 0. The van der Waals surface area contributed by atoms with Gasteiger partial charge in [-0.2, -0.15) is 0 Å². The monoisotopic (exact) mass is 447 g/mol. The quantitative estimate of drug-likeness (QED) is 0.474. The van der Waals surface area contributed by atoms with Crippen molar-refractivity contribution in [2.45, 2.75) is 49.9 Å². The predicted molar refractivity (Wildman–Crippen MR) is 131 cm³/mol. The highest BCUT2D eigenvalue weighted by Gasteiger charge is 2.28. The van der Waals surface area contributed by atoms with Crippen LogP contribution in [0.5, 0.6) is 0 Å². The Morgan fingerprint density at radius 1 is 1.10 bits per heavy atom. The molecular formula is C23H30ClN3S2. The zero-order chi connectivity index (χ0) is 21.0. The number of hydrogen-bond donors (Lipinski definition) is 1. The average molecular weight is 448 g/mol. The lowest BCUT2D eigenvalue weighted by Crippen LogP contribution is -2.41. The highest BCUT2D eigenvalue weighted by molar-refractivity contribution is 7.99. The lowest BCUT2D eigenvalue weighted by molar-refractivity contribution is 0.288. The summed E-state index contributed by atoms with van der Waals surface area (Å²) in [6, 6.07) is 13.1. The Bertz CT molecular complexity index is 867. The van der Waals surface area contributed by atoms with E-state index in [2.05, 4.69) is 73.1 Å². The second-order valence-electron chi connectivity index (χ2n) is 7.36. The molecule has 1 aliphatic heterocycles. The predicted octanol–water partition coefficient (Wildman–Crippen LogP) is 6.35. The van der Waals surface area contributed by atoms with Crippen molar-refractivity contribution in [3.05, 3.63) is 47.0 Å². The summed E-state index contributed by atoms with van der Waals surface area (Å²) in [5, 5.41) is 4.13. The Kier molecular flexibility index (Phi) is 7.85. The van der Waals surface area contributed by atoms with Crippen LogP contribution in [0.1, 0.15) is 39.7 Å².